The van der Waals surface area contributed by atoms with Crippen LogP contribution in [0.4, 0.5) is 0 Å². The van der Waals surface area contributed by atoms with Crippen molar-refractivity contribution in [3.05, 3.63) is 66.0 Å². The molecule has 2 aromatic carbocycles. The lowest BCUT2D eigenvalue weighted by molar-refractivity contribution is -0.137. The Labute approximate surface area is 212 Å². The molecule has 2 aromatic heterocycles. The number of carbonyl (C=O) groups is 1. The van der Waals surface area contributed by atoms with E-state index in [2.05, 4.69) is 47.5 Å². The SMILES string of the molecule is CCCCn1cc(C2=CC(c3cn(CCCC)c4ccc(OC)cc34)OC2=O)c2cc(OC)ccc21. The number of hydrogen-bond donors (Lipinski definition) is 0. The van der Waals surface area contributed by atoms with E-state index >= 15 is 0 Å². The molecular weight excluding hydrogens is 452 g/mol. The molecule has 0 N–H and O–H groups in total. The fourth-order valence-electron chi connectivity index (χ4n) is 5.09. The highest BCUT2D eigenvalue weighted by atomic mass is 16.5. The van der Waals surface area contributed by atoms with Gasteiger partial charge in [0.1, 0.15) is 17.6 Å². The van der Waals surface area contributed by atoms with Gasteiger partial charge in [0.2, 0.25) is 0 Å². The van der Waals surface area contributed by atoms with Gasteiger partial charge in [0.05, 0.1) is 19.8 Å². The Morgan fingerprint density at radius 3 is 2.03 bits per heavy atom. The van der Waals surface area contributed by atoms with E-state index < -0.39 is 6.10 Å². The van der Waals surface area contributed by atoms with Gasteiger partial charge < -0.3 is 23.3 Å². The van der Waals surface area contributed by atoms with Crippen LogP contribution in [0.2, 0.25) is 0 Å². The van der Waals surface area contributed by atoms with Gasteiger partial charge in [-0.2, -0.15) is 0 Å². The van der Waals surface area contributed by atoms with E-state index in [1.165, 1.54) is 0 Å². The van der Waals surface area contributed by atoms with E-state index in [9.17, 15) is 4.79 Å². The van der Waals surface area contributed by atoms with Gasteiger partial charge >= 0.3 is 5.97 Å². The van der Waals surface area contributed by atoms with Crippen molar-refractivity contribution in [1.82, 2.24) is 9.13 Å². The first-order chi connectivity index (χ1) is 17.6. The van der Waals surface area contributed by atoms with E-state index in [4.69, 9.17) is 14.2 Å². The number of aryl methyl sites for hydroxylation is 2. The third-order valence-electron chi connectivity index (χ3n) is 7.08. The molecule has 3 heterocycles. The summed E-state index contributed by atoms with van der Waals surface area (Å²) in [5.41, 5.74) is 4.69. The molecule has 0 bridgehead atoms. The molecule has 0 saturated carbocycles. The van der Waals surface area contributed by atoms with Crippen molar-refractivity contribution < 1.29 is 19.0 Å². The maximum Gasteiger partial charge on any atom is 0.339 e. The smallest absolute Gasteiger partial charge is 0.339 e. The van der Waals surface area contributed by atoms with Crippen LogP contribution in [0, 0.1) is 0 Å². The molecule has 188 valence electrons. The van der Waals surface area contributed by atoms with Crippen LogP contribution in [0.3, 0.4) is 0 Å². The zero-order valence-corrected chi connectivity index (χ0v) is 21.5. The third kappa shape index (κ3) is 4.25. The van der Waals surface area contributed by atoms with Crippen LogP contribution < -0.4 is 9.47 Å². The van der Waals surface area contributed by atoms with Crippen molar-refractivity contribution in [1.29, 1.82) is 0 Å². The summed E-state index contributed by atoms with van der Waals surface area (Å²) in [5, 5.41) is 2.05. The van der Waals surface area contributed by atoms with Crippen molar-refractivity contribution in [2.45, 2.75) is 58.7 Å². The van der Waals surface area contributed by atoms with Gasteiger partial charge in [-0.1, -0.05) is 26.7 Å². The number of carbonyl (C=O) groups excluding carboxylic acids is 1. The first kappa shape index (κ1) is 24.0. The maximum absolute atomic E-state index is 13.3. The summed E-state index contributed by atoms with van der Waals surface area (Å²) in [7, 11) is 3.34. The lowest BCUT2D eigenvalue weighted by atomic mass is 10.0. The average molecular weight is 487 g/mol. The summed E-state index contributed by atoms with van der Waals surface area (Å²) in [5.74, 6) is 1.26. The molecule has 1 unspecified atom stereocenters. The highest BCUT2D eigenvalue weighted by molar-refractivity contribution is 6.22. The normalized spacial score (nSPS) is 15.5. The Bertz CT molecular complexity index is 1440. The molecule has 1 aliphatic heterocycles. The molecule has 0 fully saturated rings. The summed E-state index contributed by atoms with van der Waals surface area (Å²) in [6.45, 7) is 6.19. The largest absolute Gasteiger partial charge is 0.497 e. The summed E-state index contributed by atoms with van der Waals surface area (Å²) in [6.07, 6.45) is 10.1. The Kier molecular flexibility index (Phi) is 6.77. The molecule has 0 aliphatic carbocycles. The Balaban J connectivity index is 1.61. The number of rotatable bonds is 10. The Hall–Kier alpha value is -3.67. The third-order valence-corrected chi connectivity index (χ3v) is 7.08. The number of unbranched alkanes of at least 4 members (excludes halogenated alkanes) is 2. The Morgan fingerprint density at radius 1 is 0.833 bits per heavy atom. The number of methoxy groups -OCH3 is 2. The second kappa shape index (κ2) is 10.1. The van der Waals surface area contributed by atoms with Crippen molar-refractivity contribution in [3.63, 3.8) is 0 Å². The number of esters is 1. The molecule has 0 saturated heterocycles. The van der Waals surface area contributed by atoms with Crippen LogP contribution in [0.5, 0.6) is 11.5 Å². The van der Waals surface area contributed by atoms with Crippen molar-refractivity contribution >= 4 is 33.3 Å². The topological polar surface area (TPSA) is 54.6 Å². The minimum atomic E-state index is -0.454. The van der Waals surface area contributed by atoms with Gasteiger partial charge in [-0.25, -0.2) is 4.79 Å². The number of aromatic nitrogens is 2. The first-order valence-electron chi connectivity index (χ1n) is 12.8. The highest BCUT2D eigenvalue weighted by Crippen LogP contribution is 2.41. The molecule has 0 spiro atoms. The standard InChI is InChI=1S/C30H34N2O4/c1-5-7-13-31-18-25(22-15-20(34-3)9-11-27(22)31)24-17-29(36-30(24)33)26-19-32(14-8-6-2)28-12-10-21(35-4)16-23(26)28/h9-12,15-19,29H,5-8,13-14H2,1-4H3. The fraction of sp³-hybridized carbons (Fsp3) is 0.367. The molecule has 6 heteroatoms. The van der Waals surface area contributed by atoms with E-state index in [0.29, 0.717) is 5.57 Å². The number of ether oxygens (including phenoxy) is 3. The van der Waals surface area contributed by atoms with Crippen LogP contribution >= 0.6 is 0 Å². The van der Waals surface area contributed by atoms with E-state index in [1.807, 2.05) is 30.3 Å². The minimum absolute atomic E-state index is 0.297. The number of nitrogens with zero attached hydrogens (tertiary/aromatic N) is 2. The van der Waals surface area contributed by atoms with Gasteiger partial charge in [-0.15, -0.1) is 0 Å². The summed E-state index contributed by atoms with van der Waals surface area (Å²) >= 11 is 0. The molecule has 5 rings (SSSR count). The molecule has 36 heavy (non-hydrogen) atoms. The van der Waals surface area contributed by atoms with Crippen LogP contribution in [-0.4, -0.2) is 29.3 Å². The number of benzene rings is 2. The van der Waals surface area contributed by atoms with Crippen LogP contribution in [-0.2, 0) is 22.6 Å². The number of cyclic esters (lactones) is 1. The predicted molar refractivity (Wildman–Crippen MR) is 144 cm³/mol. The number of hydrogen-bond acceptors (Lipinski definition) is 4. The van der Waals surface area contributed by atoms with Crippen LogP contribution in [0.25, 0.3) is 27.4 Å². The van der Waals surface area contributed by atoms with Crippen molar-refractivity contribution in [3.8, 4) is 11.5 Å². The zero-order chi connectivity index (χ0) is 25.2. The summed E-state index contributed by atoms with van der Waals surface area (Å²) in [6, 6.07) is 12.2. The predicted octanol–water partition coefficient (Wildman–Crippen LogP) is 6.89. The van der Waals surface area contributed by atoms with Gasteiger partial charge in [-0.3, -0.25) is 0 Å². The molecule has 4 aromatic rings. The highest BCUT2D eigenvalue weighted by Gasteiger charge is 2.32. The minimum Gasteiger partial charge on any atom is -0.497 e. The molecule has 0 amide bonds. The van der Waals surface area contributed by atoms with Crippen molar-refractivity contribution in [2.24, 2.45) is 0 Å². The second-order valence-corrected chi connectivity index (χ2v) is 9.39. The van der Waals surface area contributed by atoms with Gasteiger partial charge in [0.25, 0.3) is 0 Å². The number of fused-ring (bicyclic) bond motifs is 2. The quantitative estimate of drug-likeness (QED) is 0.229. The first-order valence-corrected chi connectivity index (χ1v) is 12.8. The second-order valence-electron chi connectivity index (χ2n) is 9.39. The summed E-state index contributed by atoms with van der Waals surface area (Å²) in [4.78, 5) is 13.3. The molecule has 1 aliphatic rings. The van der Waals surface area contributed by atoms with Gasteiger partial charge in [0.15, 0.2) is 0 Å². The average Bonchev–Trinajstić information content (AvgIpc) is 3.58. The Morgan fingerprint density at radius 2 is 1.42 bits per heavy atom. The maximum atomic E-state index is 13.3. The summed E-state index contributed by atoms with van der Waals surface area (Å²) < 4.78 is 21.5. The van der Waals surface area contributed by atoms with Crippen molar-refractivity contribution in [2.75, 3.05) is 14.2 Å². The molecule has 6 nitrogen and oxygen atoms in total. The molecule has 0 radical (unpaired) electrons. The lowest BCUT2D eigenvalue weighted by Crippen LogP contribution is -2.02. The van der Waals surface area contributed by atoms with Crippen LogP contribution in [0.1, 0.15) is 56.8 Å². The van der Waals surface area contributed by atoms with Gasteiger partial charge in [-0.05, 0) is 55.3 Å². The van der Waals surface area contributed by atoms with E-state index in [-0.39, 0.29) is 5.97 Å². The monoisotopic (exact) mass is 486 g/mol. The van der Waals surface area contributed by atoms with E-state index in [0.717, 1.165) is 83.2 Å². The van der Waals surface area contributed by atoms with Crippen LogP contribution in [0.15, 0.2) is 54.9 Å². The molecule has 1 atom stereocenters. The lowest BCUT2D eigenvalue weighted by Gasteiger charge is -2.07. The molecular formula is C30H34N2O4. The van der Waals surface area contributed by atoms with Gasteiger partial charge in [0, 0.05) is 58.4 Å². The van der Waals surface area contributed by atoms with E-state index in [1.54, 1.807) is 14.2 Å². The zero-order valence-electron chi connectivity index (χ0n) is 21.5. The fourth-order valence-corrected chi connectivity index (χ4v) is 5.09.